The second-order valence-electron chi connectivity index (χ2n) is 8.80. The Kier molecular flexibility index (Phi) is 8.87. The number of ether oxygens (including phenoxy) is 1. The number of unbranched alkanes of at least 4 members (excludes halogenated alkanes) is 1. The minimum atomic E-state index is -0.804. The summed E-state index contributed by atoms with van der Waals surface area (Å²) in [4.78, 5) is 26.8. The van der Waals surface area contributed by atoms with E-state index in [-0.39, 0.29) is 26.0 Å². The Balaban J connectivity index is 0.00000289. The van der Waals surface area contributed by atoms with E-state index in [4.69, 9.17) is 9.72 Å². The maximum atomic E-state index is 11.4. The highest BCUT2D eigenvalue weighted by molar-refractivity contribution is 7.59. The zero-order chi connectivity index (χ0) is 21.6. The van der Waals surface area contributed by atoms with Crippen molar-refractivity contribution in [3.05, 3.63) is 47.0 Å². The Morgan fingerprint density at radius 2 is 1.94 bits per heavy atom. The third-order valence-electron chi connectivity index (χ3n) is 6.54. The van der Waals surface area contributed by atoms with Crippen LogP contribution in [0.1, 0.15) is 67.1 Å². The first-order chi connectivity index (χ1) is 15.1. The Hall–Kier alpha value is -2.19. The first-order valence-corrected chi connectivity index (χ1v) is 11.4. The Morgan fingerprint density at radius 1 is 1.19 bits per heavy atom. The summed E-state index contributed by atoms with van der Waals surface area (Å²) in [5, 5.41) is 9.34. The van der Waals surface area contributed by atoms with Crippen molar-refractivity contribution in [2.24, 2.45) is 5.92 Å². The highest BCUT2D eigenvalue weighted by atomic mass is 32.1. The van der Waals surface area contributed by atoms with Gasteiger partial charge in [0, 0.05) is 48.5 Å². The molecule has 8 heteroatoms. The van der Waals surface area contributed by atoms with Crippen LogP contribution in [0.5, 0.6) is 6.01 Å². The lowest BCUT2D eigenvalue weighted by molar-refractivity contribution is -0.139. The minimum absolute atomic E-state index is 0. The summed E-state index contributed by atoms with van der Waals surface area (Å²) in [6, 6.07) is 4.61. The fourth-order valence-electron chi connectivity index (χ4n) is 4.78. The number of hydrogen-bond acceptors (Lipinski definition) is 6. The van der Waals surface area contributed by atoms with E-state index >= 15 is 0 Å². The number of pyridine rings is 1. The van der Waals surface area contributed by atoms with Crippen molar-refractivity contribution < 1.29 is 14.6 Å². The molecule has 2 aliphatic rings. The van der Waals surface area contributed by atoms with E-state index in [9.17, 15) is 9.90 Å². The molecule has 174 valence electrons. The van der Waals surface area contributed by atoms with Crippen molar-refractivity contribution in [3.8, 4) is 6.01 Å². The highest BCUT2D eigenvalue weighted by Crippen LogP contribution is 2.33. The van der Waals surface area contributed by atoms with Crippen molar-refractivity contribution in [1.82, 2.24) is 19.9 Å². The van der Waals surface area contributed by atoms with Crippen molar-refractivity contribution in [2.75, 3.05) is 20.2 Å². The van der Waals surface area contributed by atoms with E-state index in [2.05, 4.69) is 27.0 Å². The van der Waals surface area contributed by atoms with Crippen LogP contribution in [-0.2, 0) is 24.1 Å². The molecule has 1 atom stereocenters. The lowest BCUT2D eigenvalue weighted by Crippen LogP contribution is -2.48. The van der Waals surface area contributed by atoms with Crippen LogP contribution in [0, 0.1) is 5.92 Å². The molecule has 4 rings (SSSR count). The van der Waals surface area contributed by atoms with Crippen LogP contribution in [0.25, 0.3) is 0 Å². The van der Waals surface area contributed by atoms with Gasteiger partial charge in [-0.3, -0.25) is 14.7 Å². The predicted octanol–water partition coefficient (Wildman–Crippen LogP) is 3.73. The molecule has 0 amide bonds. The van der Waals surface area contributed by atoms with Gasteiger partial charge in [-0.25, -0.2) is 9.97 Å². The third-order valence-corrected chi connectivity index (χ3v) is 6.54. The Labute approximate surface area is 197 Å². The smallest absolute Gasteiger partial charge is 0.316 e. The standard InChI is InChI=1S/C24H32N4O3.H2S/c1-31-24-25-13-19(14-26-24)22(12-23(29)30)28-15-17(16-28)6-2-4-8-20-11-10-18-7-3-5-9-21(18)27-20;/h10-11,13-14,17,22H,2-9,12,15-16H2,1H3,(H,29,30);1H2/t22-;/m0./s1. The van der Waals surface area contributed by atoms with Gasteiger partial charge in [0.25, 0.3) is 0 Å². The SMILES string of the molecule is COc1ncc([C@H](CC(=O)O)N2CC(CCCCc3ccc4c(n3)CCCC4)C2)cn1.S. The van der Waals surface area contributed by atoms with E-state index in [1.54, 1.807) is 12.4 Å². The van der Waals surface area contributed by atoms with Crippen LogP contribution in [0.2, 0.25) is 0 Å². The van der Waals surface area contributed by atoms with Crippen molar-refractivity contribution >= 4 is 19.5 Å². The molecule has 0 unspecified atom stereocenters. The number of aliphatic carboxylic acids is 1. The zero-order valence-corrected chi connectivity index (χ0v) is 19.8. The van der Waals surface area contributed by atoms with Gasteiger partial charge in [0.05, 0.1) is 13.5 Å². The third kappa shape index (κ3) is 6.19. The fourth-order valence-corrected chi connectivity index (χ4v) is 4.78. The number of rotatable bonds is 10. The van der Waals surface area contributed by atoms with Gasteiger partial charge in [-0.2, -0.15) is 13.5 Å². The first kappa shape index (κ1) is 24.5. The number of carboxylic acid groups (broad SMARTS) is 1. The second kappa shape index (κ2) is 11.6. The Morgan fingerprint density at radius 3 is 2.66 bits per heavy atom. The molecule has 0 aromatic carbocycles. The molecular formula is C24H34N4O3S. The van der Waals surface area contributed by atoms with E-state index in [0.29, 0.717) is 11.9 Å². The molecule has 0 bridgehead atoms. The van der Waals surface area contributed by atoms with Gasteiger partial charge < -0.3 is 9.84 Å². The van der Waals surface area contributed by atoms with Gasteiger partial charge in [-0.05, 0) is 62.5 Å². The summed E-state index contributed by atoms with van der Waals surface area (Å²) in [7, 11) is 1.52. The Bertz CT molecular complexity index is 887. The average molecular weight is 459 g/mol. The quantitative estimate of drug-likeness (QED) is 0.543. The van der Waals surface area contributed by atoms with Crippen molar-refractivity contribution in [2.45, 2.75) is 63.8 Å². The molecular weight excluding hydrogens is 424 g/mol. The van der Waals surface area contributed by atoms with E-state index in [0.717, 1.165) is 37.9 Å². The molecule has 2 aromatic heterocycles. The molecule has 0 radical (unpaired) electrons. The zero-order valence-electron chi connectivity index (χ0n) is 18.8. The number of carboxylic acids is 1. The molecule has 2 aromatic rings. The second-order valence-corrected chi connectivity index (χ2v) is 8.80. The number of aryl methyl sites for hydroxylation is 3. The monoisotopic (exact) mass is 458 g/mol. The van der Waals surface area contributed by atoms with Gasteiger partial charge in [-0.15, -0.1) is 0 Å². The van der Waals surface area contributed by atoms with Gasteiger partial charge in [0.2, 0.25) is 0 Å². The summed E-state index contributed by atoms with van der Waals surface area (Å²) in [5.41, 5.74) is 4.84. The molecule has 0 spiro atoms. The summed E-state index contributed by atoms with van der Waals surface area (Å²) >= 11 is 0. The van der Waals surface area contributed by atoms with Gasteiger partial charge in [-0.1, -0.05) is 12.5 Å². The van der Waals surface area contributed by atoms with Crippen LogP contribution >= 0.6 is 13.5 Å². The maximum absolute atomic E-state index is 11.4. The van der Waals surface area contributed by atoms with Crippen molar-refractivity contribution in [1.29, 1.82) is 0 Å². The predicted molar refractivity (Wildman–Crippen MR) is 127 cm³/mol. The molecule has 3 heterocycles. The molecule has 1 N–H and O–H groups in total. The average Bonchev–Trinajstić information content (AvgIpc) is 2.76. The normalized spacial score (nSPS) is 17.0. The van der Waals surface area contributed by atoms with Gasteiger partial charge in [0.1, 0.15) is 0 Å². The van der Waals surface area contributed by atoms with Crippen molar-refractivity contribution in [3.63, 3.8) is 0 Å². The summed E-state index contributed by atoms with van der Waals surface area (Å²) in [5.74, 6) is -0.172. The number of fused-ring (bicyclic) bond motifs is 1. The highest BCUT2D eigenvalue weighted by Gasteiger charge is 2.34. The number of nitrogens with zero attached hydrogens (tertiary/aromatic N) is 4. The first-order valence-electron chi connectivity index (χ1n) is 11.4. The maximum Gasteiger partial charge on any atom is 0.316 e. The van der Waals surface area contributed by atoms with Gasteiger partial charge >= 0.3 is 12.0 Å². The number of aromatic nitrogens is 3. The van der Waals surface area contributed by atoms with Crippen LogP contribution in [0.3, 0.4) is 0 Å². The largest absolute Gasteiger partial charge is 0.481 e. The van der Waals surface area contributed by atoms with Crippen LogP contribution in [0.4, 0.5) is 0 Å². The molecule has 0 saturated carbocycles. The topological polar surface area (TPSA) is 88.4 Å². The lowest BCUT2D eigenvalue weighted by atomic mass is 9.89. The molecule has 1 fully saturated rings. The summed E-state index contributed by atoms with van der Waals surface area (Å²) in [6.45, 7) is 1.86. The van der Waals surface area contributed by atoms with E-state index in [1.165, 1.54) is 56.2 Å². The molecule has 1 aliphatic heterocycles. The lowest BCUT2D eigenvalue weighted by Gasteiger charge is -2.44. The number of methoxy groups -OCH3 is 1. The van der Waals surface area contributed by atoms with E-state index < -0.39 is 5.97 Å². The fraction of sp³-hybridized carbons (Fsp3) is 0.583. The molecule has 1 aliphatic carbocycles. The van der Waals surface area contributed by atoms with E-state index in [1.807, 2.05) is 0 Å². The number of carbonyl (C=O) groups is 1. The number of hydrogen-bond donors (Lipinski definition) is 1. The van der Waals surface area contributed by atoms with Crippen LogP contribution < -0.4 is 4.74 Å². The summed E-state index contributed by atoms with van der Waals surface area (Å²) in [6.07, 6.45) is 12.9. The summed E-state index contributed by atoms with van der Waals surface area (Å²) < 4.78 is 5.01. The van der Waals surface area contributed by atoms with Gasteiger partial charge in [0.15, 0.2) is 0 Å². The van der Waals surface area contributed by atoms with Crippen LogP contribution in [-0.4, -0.2) is 51.1 Å². The minimum Gasteiger partial charge on any atom is -0.481 e. The number of likely N-dealkylation sites (tertiary alicyclic amines) is 1. The molecule has 7 nitrogen and oxygen atoms in total. The molecule has 32 heavy (non-hydrogen) atoms. The van der Waals surface area contributed by atoms with Crippen LogP contribution in [0.15, 0.2) is 24.5 Å². The molecule has 1 saturated heterocycles.